The SMILES string of the molecule is CCC(=O)NC1(CBr)CCC(C)CC1. The van der Waals surface area contributed by atoms with Gasteiger partial charge in [0.15, 0.2) is 0 Å². The largest absolute Gasteiger partial charge is 0.350 e. The van der Waals surface area contributed by atoms with Crippen LogP contribution in [0, 0.1) is 5.92 Å². The van der Waals surface area contributed by atoms with Crippen molar-refractivity contribution in [2.45, 2.75) is 51.5 Å². The molecule has 0 aromatic rings. The number of alkyl halides is 1. The van der Waals surface area contributed by atoms with Gasteiger partial charge in [0.1, 0.15) is 0 Å². The lowest BCUT2D eigenvalue weighted by molar-refractivity contribution is -0.122. The summed E-state index contributed by atoms with van der Waals surface area (Å²) in [4.78, 5) is 11.4. The summed E-state index contributed by atoms with van der Waals surface area (Å²) in [5, 5.41) is 4.05. The molecule has 1 rings (SSSR count). The monoisotopic (exact) mass is 261 g/mol. The number of rotatable bonds is 3. The number of hydrogen-bond acceptors (Lipinski definition) is 1. The molecule has 2 nitrogen and oxygen atoms in total. The normalized spacial score (nSPS) is 32.6. The first-order valence-electron chi connectivity index (χ1n) is 5.49. The molecule has 3 heteroatoms. The fraction of sp³-hybridized carbons (Fsp3) is 0.909. The van der Waals surface area contributed by atoms with Gasteiger partial charge in [-0.05, 0) is 31.6 Å². The summed E-state index contributed by atoms with van der Waals surface area (Å²) in [6.07, 6.45) is 5.28. The molecule has 1 fully saturated rings. The molecular formula is C11H20BrNO. The van der Waals surface area contributed by atoms with Gasteiger partial charge in [-0.1, -0.05) is 29.8 Å². The highest BCUT2D eigenvalue weighted by atomic mass is 79.9. The Kier molecular flexibility index (Phi) is 4.42. The van der Waals surface area contributed by atoms with Crippen molar-refractivity contribution in [1.29, 1.82) is 0 Å². The molecule has 82 valence electrons. The number of amides is 1. The molecule has 1 aliphatic carbocycles. The van der Waals surface area contributed by atoms with Crippen molar-refractivity contribution in [3.05, 3.63) is 0 Å². The Labute approximate surface area is 95.0 Å². The molecule has 0 saturated heterocycles. The zero-order valence-electron chi connectivity index (χ0n) is 9.11. The summed E-state index contributed by atoms with van der Waals surface area (Å²) < 4.78 is 0. The van der Waals surface area contributed by atoms with E-state index in [1.54, 1.807) is 0 Å². The van der Waals surface area contributed by atoms with Crippen LogP contribution in [0.5, 0.6) is 0 Å². The molecule has 0 aliphatic heterocycles. The maximum atomic E-state index is 11.4. The first-order valence-corrected chi connectivity index (χ1v) is 6.61. The smallest absolute Gasteiger partial charge is 0.220 e. The van der Waals surface area contributed by atoms with E-state index in [4.69, 9.17) is 0 Å². The Morgan fingerprint density at radius 3 is 2.50 bits per heavy atom. The van der Waals surface area contributed by atoms with E-state index in [9.17, 15) is 4.79 Å². The molecule has 1 N–H and O–H groups in total. The van der Waals surface area contributed by atoms with Crippen molar-refractivity contribution in [3.63, 3.8) is 0 Å². The standard InChI is InChI=1S/C11H20BrNO/c1-3-10(14)13-11(8-12)6-4-9(2)5-7-11/h9H,3-8H2,1-2H3,(H,13,14). The van der Waals surface area contributed by atoms with Gasteiger partial charge < -0.3 is 5.32 Å². The molecule has 0 bridgehead atoms. The average molecular weight is 262 g/mol. The van der Waals surface area contributed by atoms with E-state index in [1.807, 2.05) is 6.92 Å². The van der Waals surface area contributed by atoms with Gasteiger partial charge in [0.05, 0.1) is 0 Å². The highest BCUT2D eigenvalue weighted by Gasteiger charge is 2.33. The second kappa shape index (κ2) is 5.15. The molecule has 0 radical (unpaired) electrons. The Hall–Kier alpha value is -0.0500. The molecule has 1 saturated carbocycles. The first-order chi connectivity index (χ1) is 6.62. The summed E-state index contributed by atoms with van der Waals surface area (Å²) in [6.45, 7) is 4.20. The minimum Gasteiger partial charge on any atom is -0.350 e. The number of carbonyl (C=O) groups is 1. The van der Waals surface area contributed by atoms with Gasteiger partial charge in [-0.2, -0.15) is 0 Å². The second-order valence-electron chi connectivity index (χ2n) is 4.50. The van der Waals surface area contributed by atoms with E-state index in [0.29, 0.717) is 6.42 Å². The molecule has 0 atom stereocenters. The van der Waals surface area contributed by atoms with Crippen LogP contribution in [0.1, 0.15) is 46.0 Å². The number of nitrogens with one attached hydrogen (secondary N) is 1. The van der Waals surface area contributed by atoms with Crippen LogP contribution in [0.3, 0.4) is 0 Å². The quantitative estimate of drug-likeness (QED) is 0.778. The lowest BCUT2D eigenvalue weighted by atomic mass is 9.78. The molecule has 0 aromatic heterocycles. The van der Waals surface area contributed by atoms with Gasteiger partial charge in [-0.25, -0.2) is 0 Å². The zero-order chi connectivity index (χ0) is 10.6. The topological polar surface area (TPSA) is 29.1 Å². The molecule has 1 aliphatic rings. The van der Waals surface area contributed by atoms with Gasteiger partial charge in [0.2, 0.25) is 5.91 Å². The maximum Gasteiger partial charge on any atom is 0.220 e. The lowest BCUT2D eigenvalue weighted by Crippen LogP contribution is -2.51. The number of carbonyl (C=O) groups excluding carboxylic acids is 1. The van der Waals surface area contributed by atoms with E-state index >= 15 is 0 Å². The summed E-state index contributed by atoms with van der Waals surface area (Å²) in [5.74, 6) is 1.000. The van der Waals surface area contributed by atoms with Gasteiger partial charge >= 0.3 is 0 Å². The Morgan fingerprint density at radius 1 is 1.50 bits per heavy atom. The third-order valence-corrected chi connectivity index (χ3v) is 4.29. The molecule has 0 aromatic carbocycles. The predicted octanol–water partition coefficient (Wildman–Crippen LogP) is 2.86. The van der Waals surface area contributed by atoms with E-state index in [-0.39, 0.29) is 11.4 Å². The van der Waals surface area contributed by atoms with Crippen LogP contribution in [0.15, 0.2) is 0 Å². The second-order valence-corrected chi connectivity index (χ2v) is 5.06. The van der Waals surface area contributed by atoms with Crippen molar-refractivity contribution in [2.24, 2.45) is 5.92 Å². The minimum absolute atomic E-state index is 0.0413. The number of hydrogen-bond donors (Lipinski definition) is 1. The van der Waals surface area contributed by atoms with E-state index in [2.05, 4.69) is 28.2 Å². The summed E-state index contributed by atoms with van der Waals surface area (Å²) in [5.41, 5.74) is 0.0413. The molecular weight excluding hydrogens is 242 g/mol. The van der Waals surface area contributed by atoms with Crippen LogP contribution in [-0.2, 0) is 4.79 Å². The maximum absolute atomic E-state index is 11.4. The van der Waals surface area contributed by atoms with Crippen LogP contribution < -0.4 is 5.32 Å². The number of halogens is 1. The van der Waals surface area contributed by atoms with Crippen molar-refractivity contribution in [3.8, 4) is 0 Å². The summed E-state index contributed by atoms with van der Waals surface area (Å²) >= 11 is 3.53. The van der Waals surface area contributed by atoms with Crippen LogP contribution in [0.25, 0.3) is 0 Å². The van der Waals surface area contributed by atoms with Gasteiger partial charge in [0.25, 0.3) is 0 Å². The summed E-state index contributed by atoms with van der Waals surface area (Å²) in [7, 11) is 0. The van der Waals surface area contributed by atoms with Crippen molar-refractivity contribution >= 4 is 21.8 Å². The minimum atomic E-state index is 0.0413. The van der Waals surface area contributed by atoms with Crippen LogP contribution in [-0.4, -0.2) is 16.8 Å². The van der Waals surface area contributed by atoms with Crippen molar-refractivity contribution in [2.75, 3.05) is 5.33 Å². The third kappa shape index (κ3) is 2.97. The van der Waals surface area contributed by atoms with Crippen molar-refractivity contribution in [1.82, 2.24) is 5.32 Å². The van der Waals surface area contributed by atoms with E-state index in [1.165, 1.54) is 12.8 Å². The molecule has 1 amide bonds. The van der Waals surface area contributed by atoms with Gasteiger partial charge in [-0.15, -0.1) is 0 Å². The average Bonchev–Trinajstić information content (AvgIpc) is 2.22. The van der Waals surface area contributed by atoms with E-state index in [0.717, 1.165) is 24.1 Å². The first kappa shape index (κ1) is 12.0. The molecule has 0 spiro atoms. The Bertz CT molecular complexity index is 197. The lowest BCUT2D eigenvalue weighted by Gasteiger charge is -2.38. The van der Waals surface area contributed by atoms with E-state index < -0.39 is 0 Å². The fourth-order valence-electron chi connectivity index (χ4n) is 1.99. The van der Waals surface area contributed by atoms with Crippen LogP contribution in [0.2, 0.25) is 0 Å². The van der Waals surface area contributed by atoms with Gasteiger partial charge in [0, 0.05) is 17.3 Å². The van der Waals surface area contributed by atoms with Crippen molar-refractivity contribution < 1.29 is 4.79 Å². The Balaban J connectivity index is 2.54. The molecule has 14 heavy (non-hydrogen) atoms. The highest BCUT2D eigenvalue weighted by Crippen LogP contribution is 2.33. The van der Waals surface area contributed by atoms with Crippen LogP contribution in [0.4, 0.5) is 0 Å². The Morgan fingerprint density at radius 2 is 2.07 bits per heavy atom. The summed E-state index contributed by atoms with van der Waals surface area (Å²) in [6, 6.07) is 0. The zero-order valence-corrected chi connectivity index (χ0v) is 10.7. The van der Waals surface area contributed by atoms with Crippen LogP contribution >= 0.6 is 15.9 Å². The van der Waals surface area contributed by atoms with Gasteiger partial charge in [-0.3, -0.25) is 4.79 Å². The third-order valence-electron chi connectivity index (χ3n) is 3.21. The highest BCUT2D eigenvalue weighted by molar-refractivity contribution is 9.09. The predicted molar refractivity (Wildman–Crippen MR) is 62.6 cm³/mol. The molecule has 0 heterocycles. The molecule has 0 unspecified atom stereocenters. The fourth-order valence-corrected chi connectivity index (χ4v) is 2.69.